The van der Waals surface area contributed by atoms with Gasteiger partial charge in [0.15, 0.2) is 0 Å². The lowest BCUT2D eigenvalue weighted by molar-refractivity contribution is -0.120. The highest BCUT2D eigenvalue weighted by Gasteiger charge is 2.23. The number of carbonyl (C=O) groups excluding carboxylic acids is 1. The molecule has 0 spiro atoms. The summed E-state index contributed by atoms with van der Waals surface area (Å²) in [7, 11) is 1.55. The molecule has 7 heteroatoms. The molecule has 26 heavy (non-hydrogen) atoms. The van der Waals surface area contributed by atoms with Gasteiger partial charge in [-0.05, 0) is 37.6 Å². The van der Waals surface area contributed by atoms with E-state index >= 15 is 0 Å². The average molecular weight is 360 g/mol. The van der Waals surface area contributed by atoms with Crippen LogP contribution in [-0.2, 0) is 11.2 Å². The molecule has 7 nitrogen and oxygen atoms in total. The Morgan fingerprint density at radius 1 is 1.46 bits per heavy atom. The zero-order valence-electron chi connectivity index (χ0n) is 15.0. The second-order valence-electron chi connectivity index (χ2n) is 6.66. The van der Waals surface area contributed by atoms with E-state index in [0.717, 1.165) is 23.9 Å². The molecule has 0 unspecified atom stereocenters. The van der Waals surface area contributed by atoms with Crippen LogP contribution in [0, 0.1) is 12.8 Å². The van der Waals surface area contributed by atoms with Crippen LogP contribution in [0.5, 0.6) is 5.75 Å². The molecule has 2 aromatic rings. The van der Waals surface area contributed by atoms with Crippen molar-refractivity contribution in [1.82, 2.24) is 10.6 Å². The molecule has 1 fully saturated rings. The predicted molar refractivity (Wildman–Crippen MR) is 97.5 cm³/mol. The van der Waals surface area contributed by atoms with Gasteiger partial charge in [-0.3, -0.25) is 4.79 Å². The van der Waals surface area contributed by atoms with E-state index in [2.05, 4.69) is 10.6 Å². The van der Waals surface area contributed by atoms with Crippen molar-refractivity contribution in [1.29, 1.82) is 0 Å². The molecule has 1 aliphatic rings. The van der Waals surface area contributed by atoms with Gasteiger partial charge in [0.2, 0.25) is 5.91 Å². The molecule has 1 aromatic carbocycles. The van der Waals surface area contributed by atoms with Crippen LogP contribution < -0.4 is 21.0 Å². The lowest BCUT2D eigenvalue weighted by Gasteiger charge is -2.28. The average Bonchev–Trinajstić information content (AvgIpc) is 2.64. The van der Waals surface area contributed by atoms with E-state index in [4.69, 9.17) is 9.15 Å². The van der Waals surface area contributed by atoms with Crippen LogP contribution in [0.15, 0.2) is 27.4 Å². The molecule has 2 heterocycles. The number of β-amino-alcohol motifs (C(OH)–C–C–N with tert-alkyl or cyclic N) is 1. The van der Waals surface area contributed by atoms with E-state index in [-0.39, 0.29) is 18.2 Å². The molecule has 1 saturated heterocycles. The first kappa shape index (κ1) is 18.4. The minimum Gasteiger partial charge on any atom is -0.497 e. The molecular weight excluding hydrogens is 336 g/mol. The first-order valence-corrected chi connectivity index (χ1v) is 8.75. The molecule has 2 atom stereocenters. The van der Waals surface area contributed by atoms with Crippen LogP contribution in [0.2, 0.25) is 0 Å². The van der Waals surface area contributed by atoms with E-state index in [1.807, 2.05) is 13.0 Å². The maximum atomic E-state index is 12.3. The van der Waals surface area contributed by atoms with Crippen LogP contribution in [0.4, 0.5) is 0 Å². The fourth-order valence-corrected chi connectivity index (χ4v) is 3.31. The van der Waals surface area contributed by atoms with Crippen molar-refractivity contribution in [2.45, 2.75) is 25.9 Å². The van der Waals surface area contributed by atoms with Crippen molar-refractivity contribution in [3.8, 4) is 5.75 Å². The number of benzene rings is 1. The normalized spacial score (nSPS) is 20.1. The number of fused-ring (bicyclic) bond motifs is 1. The number of ether oxygens (including phenoxy) is 1. The van der Waals surface area contributed by atoms with Crippen LogP contribution in [0.3, 0.4) is 0 Å². The Morgan fingerprint density at radius 2 is 2.27 bits per heavy atom. The summed E-state index contributed by atoms with van der Waals surface area (Å²) in [5.41, 5.74) is 1.01. The zero-order chi connectivity index (χ0) is 18.7. The molecule has 1 aliphatic heterocycles. The number of aliphatic hydroxyl groups is 1. The summed E-state index contributed by atoms with van der Waals surface area (Å²) in [5.74, 6) is 0.381. The third-order valence-corrected chi connectivity index (χ3v) is 4.98. The Balaban J connectivity index is 1.73. The van der Waals surface area contributed by atoms with Crippen molar-refractivity contribution < 1.29 is 19.1 Å². The fraction of sp³-hybridized carbons (Fsp3) is 0.474. The van der Waals surface area contributed by atoms with Gasteiger partial charge in [-0.25, -0.2) is 4.79 Å². The van der Waals surface area contributed by atoms with E-state index in [1.54, 1.807) is 19.2 Å². The molecule has 0 saturated carbocycles. The lowest BCUT2D eigenvalue weighted by atomic mass is 9.95. The summed E-state index contributed by atoms with van der Waals surface area (Å²) in [6, 6.07) is 5.27. The number of aliphatic hydroxyl groups excluding tert-OH is 1. The van der Waals surface area contributed by atoms with Gasteiger partial charge in [0.05, 0.1) is 25.2 Å². The topological polar surface area (TPSA) is 101 Å². The number of carbonyl (C=O) groups is 1. The summed E-state index contributed by atoms with van der Waals surface area (Å²) >= 11 is 0. The number of hydrogen-bond acceptors (Lipinski definition) is 6. The minimum absolute atomic E-state index is 0.0294. The SMILES string of the molecule is COc1ccc2c(C)c(CC(=O)NC[C@@H]3CCNC[C@H]3O)c(=O)oc2c1. The number of piperidine rings is 1. The van der Waals surface area contributed by atoms with Gasteiger partial charge in [-0.15, -0.1) is 0 Å². The molecular formula is C19H24N2O5. The van der Waals surface area contributed by atoms with Crippen LogP contribution >= 0.6 is 0 Å². The quantitative estimate of drug-likeness (QED) is 0.680. The largest absolute Gasteiger partial charge is 0.497 e. The molecule has 140 valence electrons. The molecule has 0 radical (unpaired) electrons. The molecule has 1 amide bonds. The lowest BCUT2D eigenvalue weighted by Crippen LogP contribution is -2.45. The Hall–Kier alpha value is -2.38. The van der Waals surface area contributed by atoms with E-state index in [1.165, 1.54) is 0 Å². The van der Waals surface area contributed by atoms with Gasteiger partial charge < -0.3 is 24.9 Å². The van der Waals surface area contributed by atoms with Crippen LogP contribution in [0.25, 0.3) is 11.0 Å². The summed E-state index contributed by atoms with van der Waals surface area (Å²) in [6.07, 6.45) is 0.295. The maximum Gasteiger partial charge on any atom is 0.340 e. The first-order chi connectivity index (χ1) is 12.5. The highest BCUT2D eigenvalue weighted by atomic mass is 16.5. The number of methoxy groups -OCH3 is 1. The van der Waals surface area contributed by atoms with Crippen molar-refractivity contribution in [3.05, 3.63) is 39.7 Å². The third kappa shape index (κ3) is 3.89. The van der Waals surface area contributed by atoms with Gasteiger partial charge in [0.1, 0.15) is 11.3 Å². The summed E-state index contributed by atoms with van der Waals surface area (Å²) < 4.78 is 10.5. The molecule has 3 rings (SSSR count). The van der Waals surface area contributed by atoms with Crippen molar-refractivity contribution >= 4 is 16.9 Å². The van der Waals surface area contributed by atoms with E-state index in [9.17, 15) is 14.7 Å². The van der Waals surface area contributed by atoms with Crippen LogP contribution in [-0.4, -0.2) is 43.9 Å². The zero-order valence-corrected chi connectivity index (χ0v) is 15.0. The van der Waals surface area contributed by atoms with Crippen molar-refractivity contribution in [2.24, 2.45) is 5.92 Å². The highest BCUT2D eigenvalue weighted by molar-refractivity contribution is 5.85. The van der Waals surface area contributed by atoms with Gasteiger partial charge in [0.25, 0.3) is 0 Å². The van der Waals surface area contributed by atoms with Gasteiger partial charge in [0, 0.05) is 30.5 Å². The summed E-state index contributed by atoms with van der Waals surface area (Å²) in [6.45, 7) is 3.58. The van der Waals surface area contributed by atoms with E-state index < -0.39 is 11.7 Å². The van der Waals surface area contributed by atoms with Crippen molar-refractivity contribution in [3.63, 3.8) is 0 Å². The molecule has 3 N–H and O–H groups in total. The van der Waals surface area contributed by atoms with Crippen molar-refractivity contribution in [2.75, 3.05) is 26.7 Å². The minimum atomic E-state index is -0.514. The summed E-state index contributed by atoms with van der Waals surface area (Å²) in [4.78, 5) is 24.6. The number of hydrogen-bond donors (Lipinski definition) is 3. The third-order valence-electron chi connectivity index (χ3n) is 4.98. The van der Waals surface area contributed by atoms with Gasteiger partial charge in [-0.1, -0.05) is 0 Å². The fourth-order valence-electron chi connectivity index (χ4n) is 3.31. The Morgan fingerprint density at radius 3 is 3.00 bits per heavy atom. The Labute approximate surface area is 151 Å². The monoisotopic (exact) mass is 360 g/mol. The highest BCUT2D eigenvalue weighted by Crippen LogP contribution is 2.24. The molecule has 0 bridgehead atoms. The Bertz CT molecular complexity index is 861. The number of rotatable bonds is 5. The molecule has 0 aliphatic carbocycles. The Kier molecular flexibility index (Phi) is 5.58. The second-order valence-corrected chi connectivity index (χ2v) is 6.66. The smallest absolute Gasteiger partial charge is 0.340 e. The van der Waals surface area contributed by atoms with Gasteiger partial charge >= 0.3 is 5.63 Å². The first-order valence-electron chi connectivity index (χ1n) is 8.75. The van der Waals surface area contributed by atoms with Crippen LogP contribution in [0.1, 0.15) is 17.5 Å². The second kappa shape index (κ2) is 7.88. The maximum absolute atomic E-state index is 12.3. The number of aryl methyl sites for hydroxylation is 1. The van der Waals surface area contributed by atoms with Gasteiger partial charge in [-0.2, -0.15) is 0 Å². The number of nitrogens with one attached hydrogen (secondary N) is 2. The number of amides is 1. The molecule has 1 aromatic heterocycles. The standard InChI is InChI=1S/C19H24N2O5/c1-11-14-4-3-13(25-2)7-17(14)26-19(24)15(11)8-18(23)21-9-12-5-6-20-10-16(12)22/h3-4,7,12,16,20,22H,5-6,8-10H2,1-2H3,(H,21,23)/t12-,16+/m0/s1. The predicted octanol–water partition coefficient (Wildman–Crippen LogP) is 0.739. The summed E-state index contributed by atoms with van der Waals surface area (Å²) in [5, 5.41) is 16.6. The van der Waals surface area contributed by atoms with E-state index in [0.29, 0.717) is 30.0 Å².